The number of hydrogen-bond donors (Lipinski definition) is 3. The maximum Gasteiger partial charge on any atom is 0.337 e. The van der Waals surface area contributed by atoms with Crippen molar-refractivity contribution in [2.24, 2.45) is 0 Å². The fourth-order valence-corrected chi connectivity index (χ4v) is 3.09. The van der Waals surface area contributed by atoms with Crippen LogP contribution >= 0.6 is 11.8 Å². The first-order valence-corrected chi connectivity index (χ1v) is 10.3. The maximum absolute atomic E-state index is 12.2. The third-order valence-electron chi connectivity index (χ3n) is 3.78. The second-order valence-corrected chi connectivity index (χ2v) is 6.89. The molecule has 11 nitrogen and oxygen atoms in total. The zero-order valence-electron chi connectivity index (χ0n) is 16.8. The number of hydrogen-bond acceptors (Lipinski definition) is 10. The number of thioether (sulfide) groups is 1. The fourth-order valence-electron chi connectivity index (χ4n) is 2.47. The predicted molar refractivity (Wildman–Crippen MR) is 114 cm³/mol. The number of carbonyl (C=O) groups is 2. The summed E-state index contributed by atoms with van der Waals surface area (Å²) in [6.45, 7) is 5.25. The second kappa shape index (κ2) is 9.87. The Kier molecular flexibility index (Phi) is 7.01. The molecular formula is C18H22N8O3S. The molecule has 0 aliphatic heterocycles. The number of ether oxygens (including phenoxy) is 1. The van der Waals surface area contributed by atoms with E-state index in [2.05, 4.69) is 40.7 Å². The van der Waals surface area contributed by atoms with Gasteiger partial charge in [0.15, 0.2) is 0 Å². The monoisotopic (exact) mass is 430 g/mol. The highest BCUT2D eigenvalue weighted by molar-refractivity contribution is 7.99. The van der Waals surface area contributed by atoms with Crippen molar-refractivity contribution in [2.45, 2.75) is 19.0 Å². The molecule has 3 aromatic rings. The number of nitrogens with zero attached hydrogens (tertiary/aromatic N) is 5. The van der Waals surface area contributed by atoms with Gasteiger partial charge in [0, 0.05) is 18.8 Å². The molecule has 0 unspecified atom stereocenters. The SMILES string of the molecule is CCNc1nc(NCC)n2nc(SCC(=O)Nc3ccc(C(=O)OC)cc3)nc2n1. The molecule has 0 aliphatic carbocycles. The van der Waals surface area contributed by atoms with Crippen LogP contribution in [0.1, 0.15) is 24.2 Å². The van der Waals surface area contributed by atoms with Crippen molar-refractivity contribution in [2.75, 3.05) is 41.9 Å². The van der Waals surface area contributed by atoms with Crippen molar-refractivity contribution >= 4 is 47.0 Å². The maximum atomic E-state index is 12.2. The van der Waals surface area contributed by atoms with E-state index in [1.54, 1.807) is 24.3 Å². The first-order chi connectivity index (χ1) is 14.5. The van der Waals surface area contributed by atoms with Gasteiger partial charge in [0.25, 0.3) is 5.78 Å². The molecule has 3 N–H and O–H groups in total. The summed E-state index contributed by atoms with van der Waals surface area (Å²) in [6, 6.07) is 6.44. The summed E-state index contributed by atoms with van der Waals surface area (Å²) in [6.07, 6.45) is 0. The van der Waals surface area contributed by atoms with E-state index < -0.39 is 5.97 Å². The summed E-state index contributed by atoms with van der Waals surface area (Å²) < 4.78 is 6.16. The van der Waals surface area contributed by atoms with Crippen LogP contribution in [-0.4, -0.2) is 62.4 Å². The van der Waals surface area contributed by atoms with E-state index in [4.69, 9.17) is 0 Å². The van der Waals surface area contributed by atoms with Crippen molar-refractivity contribution in [3.8, 4) is 0 Å². The standard InChI is InChI=1S/C18H22N8O3S/c1-4-19-15-22-16(20-5-2)26-17(23-15)24-18(25-26)30-10-13(27)21-12-8-6-11(7-9-12)14(28)29-3/h6-9H,4-5,10H2,1-3H3,(H,21,27)(H2,19,20,22,23,24,25). The molecule has 1 aromatic carbocycles. The molecule has 2 aromatic heterocycles. The van der Waals surface area contributed by atoms with Crippen LogP contribution in [0.4, 0.5) is 17.6 Å². The highest BCUT2D eigenvalue weighted by atomic mass is 32.2. The largest absolute Gasteiger partial charge is 0.465 e. The van der Waals surface area contributed by atoms with Gasteiger partial charge in [-0.25, -0.2) is 4.79 Å². The highest BCUT2D eigenvalue weighted by Crippen LogP contribution is 2.18. The van der Waals surface area contributed by atoms with E-state index in [0.29, 0.717) is 47.2 Å². The molecule has 0 spiro atoms. The molecule has 0 atom stereocenters. The second-order valence-electron chi connectivity index (χ2n) is 5.94. The average molecular weight is 430 g/mol. The van der Waals surface area contributed by atoms with Gasteiger partial charge >= 0.3 is 5.97 Å². The zero-order chi connectivity index (χ0) is 21.5. The summed E-state index contributed by atoms with van der Waals surface area (Å²) in [4.78, 5) is 36.8. The van der Waals surface area contributed by atoms with Gasteiger partial charge in [-0.3, -0.25) is 4.79 Å². The molecule has 0 saturated heterocycles. The minimum atomic E-state index is -0.432. The Balaban J connectivity index is 1.65. The summed E-state index contributed by atoms with van der Waals surface area (Å²) in [5.74, 6) is 0.818. The molecule has 0 aliphatic rings. The Bertz CT molecular complexity index is 1040. The minimum Gasteiger partial charge on any atom is -0.465 e. The van der Waals surface area contributed by atoms with Crippen LogP contribution < -0.4 is 16.0 Å². The number of carbonyl (C=O) groups excluding carboxylic acids is 2. The number of nitrogens with one attached hydrogen (secondary N) is 3. The Morgan fingerprint density at radius 3 is 2.47 bits per heavy atom. The van der Waals surface area contributed by atoms with Crippen LogP contribution in [0.5, 0.6) is 0 Å². The van der Waals surface area contributed by atoms with Gasteiger partial charge in [0.2, 0.25) is 23.0 Å². The van der Waals surface area contributed by atoms with Crippen molar-refractivity contribution in [3.05, 3.63) is 29.8 Å². The first-order valence-electron chi connectivity index (χ1n) is 9.27. The van der Waals surface area contributed by atoms with E-state index in [1.165, 1.54) is 23.4 Å². The summed E-state index contributed by atoms with van der Waals surface area (Å²) >= 11 is 1.19. The number of amides is 1. The van der Waals surface area contributed by atoms with Crippen molar-refractivity contribution < 1.29 is 14.3 Å². The number of fused-ring (bicyclic) bond motifs is 1. The van der Waals surface area contributed by atoms with Gasteiger partial charge in [-0.1, -0.05) is 11.8 Å². The van der Waals surface area contributed by atoms with E-state index in [1.807, 2.05) is 13.8 Å². The number of anilines is 3. The Morgan fingerprint density at radius 2 is 1.80 bits per heavy atom. The number of esters is 1. The van der Waals surface area contributed by atoms with Gasteiger partial charge in [-0.2, -0.15) is 19.5 Å². The zero-order valence-corrected chi connectivity index (χ0v) is 17.6. The third kappa shape index (κ3) is 5.14. The molecule has 12 heteroatoms. The predicted octanol–water partition coefficient (Wildman–Crippen LogP) is 1.90. The number of rotatable bonds is 9. The van der Waals surface area contributed by atoms with Gasteiger partial charge < -0.3 is 20.7 Å². The van der Waals surface area contributed by atoms with Crippen molar-refractivity contribution in [1.82, 2.24) is 24.6 Å². The van der Waals surface area contributed by atoms with Crippen LogP contribution in [0.2, 0.25) is 0 Å². The third-order valence-corrected chi connectivity index (χ3v) is 4.62. The Morgan fingerprint density at radius 1 is 1.07 bits per heavy atom. The lowest BCUT2D eigenvalue weighted by atomic mass is 10.2. The van der Waals surface area contributed by atoms with Gasteiger partial charge in [-0.05, 0) is 38.1 Å². The van der Waals surface area contributed by atoms with Gasteiger partial charge in [0.1, 0.15) is 0 Å². The van der Waals surface area contributed by atoms with Crippen LogP contribution in [0, 0.1) is 0 Å². The molecule has 0 radical (unpaired) electrons. The number of benzene rings is 1. The molecular weight excluding hydrogens is 408 g/mol. The minimum absolute atomic E-state index is 0.111. The van der Waals surface area contributed by atoms with E-state index in [9.17, 15) is 9.59 Å². The lowest BCUT2D eigenvalue weighted by Crippen LogP contribution is -2.14. The van der Waals surface area contributed by atoms with Crippen LogP contribution in [0.25, 0.3) is 5.78 Å². The van der Waals surface area contributed by atoms with Crippen LogP contribution in [0.15, 0.2) is 29.4 Å². The molecule has 158 valence electrons. The average Bonchev–Trinajstić information content (AvgIpc) is 3.16. The highest BCUT2D eigenvalue weighted by Gasteiger charge is 2.14. The molecule has 0 fully saturated rings. The quantitative estimate of drug-likeness (QED) is 0.341. The van der Waals surface area contributed by atoms with E-state index in [-0.39, 0.29) is 11.7 Å². The molecule has 30 heavy (non-hydrogen) atoms. The van der Waals surface area contributed by atoms with Gasteiger partial charge in [0.05, 0.1) is 18.4 Å². The van der Waals surface area contributed by atoms with Crippen LogP contribution in [0.3, 0.4) is 0 Å². The van der Waals surface area contributed by atoms with Crippen molar-refractivity contribution in [3.63, 3.8) is 0 Å². The molecule has 2 heterocycles. The van der Waals surface area contributed by atoms with Gasteiger partial charge in [-0.15, -0.1) is 5.10 Å². The summed E-state index contributed by atoms with van der Waals surface area (Å²) in [7, 11) is 1.32. The summed E-state index contributed by atoms with van der Waals surface area (Å²) in [5.41, 5.74) is 0.986. The van der Waals surface area contributed by atoms with Crippen molar-refractivity contribution in [1.29, 1.82) is 0 Å². The number of aromatic nitrogens is 5. The molecule has 0 saturated carbocycles. The molecule has 0 bridgehead atoms. The lowest BCUT2D eigenvalue weighted by Gasteiger charge is -2.06. The first kappa shape index (κ1) is 21.3. The van der Waals surface area contributed by atoms with Crippen LogP contribution in [-0.2, 0) is 9.53 Å². The lowest BCUT2D eigenvalue weighted by molar-refractivity contribution is -0.113. The Labute approximate surface area is 177 Å². The smallest absolute Gasteiger partial charge is 0.337 e. The normalized spacial score (nSPS) is 10.6. The topological polar surface area (TPSA) is 135 Å². The molecule has 1 amide bonds. The Hall–Kier alpha value is -3.41. The summed E-state index contributed by atoms with van der Waals surface area (Å²) in [5, 5.41) is 13.7. The fraction of sp³-hybridized carbons (Fsp3) is 0.333. The van der Waals surface area contributed by atoms with E-state index in [0.717, 1.165) is 0 Å². The number of methoxy groups -OCH3 is 1. The van der Waals surface area contributed by atoms with E-state index >= 15 is 0 Å². The molecule has 3 rings (SSSR count).